The lowest BCUT2D eigenvalue weighted by molar-refractivity contribution is -0.119. The van der Waals surface area contributed by atoms with E-state index in [1.807, 2.05) is 6.07 Å². The number of hydrogen-bond donors (Lipinski definition) is 3. The molecule has 0 aromatic carbocycles. The van der Waals surface area contributed by atoms with Crippen LogP contribution in [0.25, 0.3) is 11.0 Å². The molecule has 1 aliphatic carbocycles. The van der Waals surface area contributed by atoms with Crippen LogP contribution in [0, 0.1) is 17.7 Å². The summed E-state index contributed by atoms with van der Waals surface area (Å²) in [6, 6.07) is 5.09. The summed E-state index contributed by atoms with van der Waals surface area (Å²) in [5.41, 5.74) is 1.39. The maximum atomic E-state index is 14.5. The number of aliphatic hydroxyl groups is 1. The van der Waals surface area contributed by atoms with E-state index >= 15 is 0 Å². The number of nitrogens with one attached hydrogen (secondary N) is 2. The van der Waals surface area contributed by atoms with E-state index in [0.717, 1.165) is 11.9 Å². The van der Waals surface area contributed by atoms with E-state index in [4.69, 9.17) is 14.2 Å². The number of methoxy groups -OCH3 is 1. The monoisotopic (exact) mass is 483 g/mol. The van der Waals surface area contributed by atoms with Gasteiger partial charge < -0.3 is 30.0 Å². The minimum atomic E-state index is -0.685. The molecule has 10 nitrogen and oxygen atoms in total. The molecule has 0 radical (unpaired) electrons. The number of hydrogen-bond acceptors (Lipinski definition) is 9. The second-order valence-corrected chi connectivity index (χ2v) is 8.64. The summed E-state index contributed by atoms with van der Waals surface area (Å²) < 4.78 is 30.7. The first kappa shape index (κ1) is 23.2. The lowest BCUT2D eigenvalue weighted by Gasteiger charge is -2.19. The summed E-state index contributed by atoms with van der Waals surface area (Å²) in [5, 5.41) is 16.5. The number of anilines is 1. The van der Waals surface area contributed by atoms with Gasteiger partial charge in [-0.05, 0) is 24.8 Å². The van der Waals surface area contributed by atoms with Crippen molar-refractivity contribution in [2.24, 2.45) is 11.8 Å². The average Bonchev–Trinajstić information content (AvgIpc) is 3.25. The summed E-state index contributed by atoms with van der Waals surface area (Å²) in [6.07, 6.45) is 2.80. The van der Waals surface area contributed by atoms with Gasteiger partial charge in [0, 0.05) is 31.1 Å². The normalized spacial score (nSPS) is 21.2. The number of ether oxygens (including phenoxy) is 3. The van der Waals surface area contributed by atoms with E-state index in [1.54, 1.807) is 18.3 Å². The second-order valence-electron chi connectivity index (χ2n) is 8.64. The summed E-state index contributed by atoms with van der Waals surface area (Å²) in [4.78, 5) is 25.6. The van der Waals surface area contributed by atoms with Crippen LogP contribution in [0.2, 0.25) is 0 Å². The molecule has 3 atom stereocenters. The van der Waals surface area contributed by atoms with Gasteiger partial charge in [0.1, 0.15) is 24.4 Å². The Hall–Kier alpha value is -3.57. The second kappa shape index (κ2) is 9.96. The van der Waals surface area contributed by atoms with Crippen LogP contribution in [0.3, 0.4) is 0 Å². The number of carbonyl (C=O) groups excluding carboxylic acids is 1. The molecule has 1 aliphatic heterocycles. The Labute approximate surface area is 200 Å². The maximum Gasteiger partial charge on any atom is 0.227 e. The van der Waals surface area contributed by atoms with Crippen molar-refractivity contribution in [3.8, 4) is 17.4 Å². The Morgan fingerprint density at radius 3 is 2.86 bits per heavy atom. The fourth-order valence-electron chi connectivity index (χ4n) is 4.49. The largest absolute Gasteiger partial charge is 0.486 e. The summed E-state index contributed by atoms with van der Waals surface area (Å²) in [7, 11) is 1.46. The van der Waals surface area contributed by atoms with Crippen LogP contribution >= 0.6 is 0 Å². The molecule has 184 valence electrons. The zero-order valence-corrected chi connectivity index (χ0v) is 19.2. The Kier molecular flexibility index (Phi) is 6.60. The van der Waals surface area contributed by atoms with E-state index in [1.165, 1.54) is 7.11 Å². The quantitative estimate of drug-likeness (QED) is 0.463. The van der Waals surface area contributed by atoms with Gasteiger partial charge >= 0.3 is 0 Å². The molecule has 1 saturated carbocycles. The van der Waals surface area contributed by atoms with Gasteiger partial charge in [-0.25, -0.2) is 9.37 Å². The topological polar surface area (TPSA) is 128 Å². The fourth-order valence-corrected chi connectivity index (χ4v) is 4.49. The van der Waals surface area contributed by atoms with Crippen molar-refractivity contribution < 1.29 is 28.5 Å². The lowest BCUT2D eigenvalue weighted by Crippen LogP contribution is -2.28. The van der Waals surface area contributed by atoms with Crippen LogP contribution in [0.5, 0.6) is 17.4 Å². The number of fused-ring (bicyclic) bond motifs is 2. The molecule has 5 rings (SSSR count). The molecule has 0 bridgehead atoms. The molecule has 3 aromatic rings. The highest BCUT2D eigenvalue weighted by Gasteiger charge is 2.37. The van der Waals surface area contributed by atoms with Crippen molar-refractivity contribution in [1.82, 2.24) is 20.3 Å². The molecule has 3 aromatic heterocycles. The molecule has 0 unspecified atom stereocenters. The molecule has 35 heavy (non-hydrogen) atoms. The first-order valence-corrected chi connectivity index (χ1v) is 11.4. The van der Waals surface area contributed by atoms with Crippen LogP contribution in [0.15, 0.2) is 30.6 Å². The van der Waals surface area contributed by atoms with Crippen molar-refractivity contribution in [2.45, 2.75) is 25.5 Å². The van der Waals surface area contributed by atoms with Crippen LogP contribution in [0.1, 0.15) is 18.5 Å². The third kappa shape index (κ3) is 4.96. The molecule has 1 fully saturated rings. The van der Waals surface area contributed by atoms with Crippen molar-refractivity contribution in [1.29, 1.82) is 0 Å². The lowest BCUT2D eigenvalue weighted by atomic mass is 10.0. The number of rotatable bonds is 7. The van der Waals surface area contributed by atoms with Crippen molar-refractivity contribution >= 4 is 22.6 Å². The predicted octanol–water partition coefficient (Wildman–Crippen LogP) is 2.06. The highest BCUT2D eigenvalue weighted by atomic mass is 19.1. The zero-order valence-electron chi connectivity index (χ0n) is 19.2. The van der Waals surface area contributed by atoms with Gasteiger partial charge in [0.2, 0.25) is 11.8 Å². The smallest absolute Gasteiger partial charge is 0.227 e. The molecule has 2 aliphatic rings. The Balaban J connectivity index is 1.19. The maximum absolute atomic E-state index is 14.5. The van der Waals surface area contributed by atoms with Gasteiger partial charge in [0.05, 0.1) is 36.8 Å². The van der Waals surface area contributed by atoms with Crippen LogP contribution in [0.4, 0.5) is 10.1 Å². The number of carbonyl (C=O) groups is 1. The van der Waals surface area contributed by atoms with E-state index in [9.17, 15) is 14.3 Å². The number of amides is 1. The number of aromatic nitrogens is 3. The van der Waals surface area contributed by atoms with Gasteiger partial charge in [-0.2, -0.15) is 0 Å². The molecule has 4 heterocycles. The van der Waals surface area contributed by atoms with E-state index in [-0.39, 0.29) is 28.9 Å². The van der Waals surface area contributed by atoms with E-state index in [2.05, 4.69) is 25.6 Å². The van der Waals surface area contributed by atoms with Gasteiger partial charge in [-0.15, -0.1) is 0 Å². The minimum Gasteiger partial charge on any atom is -0.486 e. The van der Waals surface area contributed by atoms with Crippen molar-refractivity contribution in [2.75, 3.05) is 32.2 Å². The molecule has 11 heteroatoms. The van der Waals surface area contributed by atoms with Crippen LogP contribution in [-0.4, -0.2) is 58.9 Å². The fraction of sp³-hybridized carbons (Fsp3) is 0.417. The first-order valence-electron chi connectivity index (χ1n) is 11.4. The zero-order chi connectivity index (χ0) is 24.4. The number of halogens is 1. The van der Waals surface area contributed by atoms with E-state index in [0.29, 0.717) is 56.2 Å². The van der Waals surface area contributed by atoms with Crippen molar-refractivity contribution in [3.63, 3.8) is 0 Å². The van der Waals surface area contributed by atoms with E-state index < -0.39 is 17.8 Å². The SMILES string of the molecule is COc1ccc2ncc(F)c(NC(=O)[C@H]3C[C@H](CNCc4cc5c(cn4)OCCO5)[C@H](O)C3)c2n1. The third-order valence-corrected chi connectivity index (χ3v) is 6.33. The predicted molar refractivity (Wildman–Crippen MR) is 124 cm³/mol. The van der Waals surface area contributed by atoms with Crippen molar-refractivity contribution in [3.05, 3.63) is 42.1 Å². The summed E-state index contributed by atoms with van der Waals surface area (Å²) >= 11 is 0. The molecule has 1 amide bonds. The van der Waals surface area contributed by atoms with Gasteiger partial charge in [0.25, 0.3) is 0 Å². The summed E-state index contributed by atoms with van der Waals surface area (Å²) in [5.74, 6) is -0.0462. The summed E-state index contributed by atoms with van der Waals surface area (Å²) in [6.45, 7) is 2.00. The molecule has 0 saturated heterocycles. The number of pyridine rings is 3. The highest BCUT2D eigenvalue weighted by Crippen LogP contribution is 2.34. The van der Waals surface area contributed by atoms with Crippen LogP contribution in [-0.2, 0) is 11.3 Å². The third-order valence-electron chi connectivity index (χ3n) is 6.33. The molecular formula is C24H26FN5O5. The Bertz CT molecular complexity index is 1240. The standard InChI is InChI=1S/C24H26FN5O5/c1-33-21-3-2-17-23(29-21)22(16(25)11-28-17)30-24(32)13-6-14(18(31)7-13)9-26-10-15-8-19-20(12-27-15)35-5-4-34-19/h2-3,8,11-14,18,26,31H,4-7,9-10H2,1H3,(H,28,30,32)/t13-,14+,18+/m0/s1. The minimum absolute atomic E-state index is 0.0420. The number of nitrogens with zero attached hydrogens (tertiary/aromatic N) is 3. The molecular weight excluding hydrogens is 457 g/mol. The van der Waals surface area contributed by atoms with Crippen LogP contribution < -0.4 is 24.8 Å². The van der Waals surface area contributed by atoms with Gasteiger partial charge in [-0.3, -0.25) is 14.8 Å². The Morgan fingerprint density at radius 2 is 2.03 bits per heavy atom. The first-order chi connectivity index (χ1) is 17.0. The highest BCUT2D eigenvalue weighted by molar-refractivity contribution is 6.00. The average molecular weight is 484 g/mol. The Morgan fingerprint density at radius 1 is 1.20 bits per heavy atom. The molecule has 0 spiro atoms. The van der Waals surface area contributed by atoms with Gasteiger partial charge in [0.15, 0.2) is 17.3 Å². The molecule has 3 N–H and O–H groups in total. The van der Waals surface area contributed by atoms with Gasteiger partial charge in [-0.1, -0.05) is 0 Å². The number of aliphatic hydroxyl groups excluding tert-OH is 1.